The van der Waals surface area contributed by atoms with Gasteiger partial charge in [-0.3, -0.25) is 14.4 Å². The largest absolute Gasteiger partial charge is 0.396 e. The monoisotopic (exact) mass is 296 g/mol. The fourth-order valence-electron chi connectivity index (χ4n) is 3.07. The Balaban J connectivity index is 1.86. The molecule has 0 aromatic carbocycles. The van der Waals surface area contributed by atoms with Crippen LogP contribution >= 0.6 is 0 Å². The average Bonchev–Trinajstić information content (AvgIpc) is 2.84. The summed E-state index contributed by atoms with van der Waals surface area (Å²) in [6.07, 6.45) is 4.30. The van der Waals surface area contributed by atoms with Crippen LogP contribution in [0.4, 0.5) is 0 Å². The molecule has 0 aliphatic carbocycles. The summed E-state index contributed by atoms with van der Waals surface area (Å²) in [5.41, 5.74) is -0.0413. The SMILES string of the molecule is CC(C)CN1CCN(CCn2cc[nH]c2=O)CC1CCO. The first kappa shape index (κ1) is 16.3. The second kappa shape index (κ2) is 7.77. The van der Waals surface area contributed by atoms with E-state index < -0.39 is 0 Å². The molecule has 120 valence electrons. The Bertz CT molecular complexity index is 468. The number of rotatable bonds is 7. The van der Waals surface area contributed by atoms with Crippen LogP contribution in [0.15, 0.2) is 17.2 Å². The standard InChI is InChI=1S/C15H28N4O2/c1-13(2)11-19-9-7-17(12-14(19)3-10-20)6-8-18-5-4-16-15(18)21/h4-5,13-14,20H,3,6-12H2,1-2H3,(H,16,21). The highest BCUT2D eigenvalue weighted by atomic mass is 16.3. The maximum absolute atomic E-state index is 11.5. The van der Waals surface area contributed by atoms with Crippen LogP contribution in [0.1, 0.15) is 20.3 Å². The molecule has 6 nitrogen and oxygen atoms in total. The highest BCUT2D eigenvalue weighted by molar-refractivity contribution is 4.83. The van der Waals surface area contributed by atoms with Crippen LogP contribution in [0.2, 0.25) is 0 Å². The van der Waals surface area contributed by atoms with E-state index in [9.17, 15) is 9.90 Å². The van der Waals surface area contributed by atoms with Gasteiger partial charge in [-0.15, -0.1) is 0 Å². The van der Waals surface area contributed by atoms with Crippen molar-refractivity contribution in [3.63, 3.8) is 0 Å². The van der Waals surface area contributed by atoms with Gasteiger partial charge in [-0.05, 0) is 12.3 Å². The van der Waals surface area contributed by atoms with E-state index >= 15 is 0 Å². The molecule has 2 heterocycles. The molecule has 2 N–H and O–H groups in total. The Morgan fingerprint density at radius 1 is 1.38 bits per heavy atom. The molecule has 1 aliphatic heterocycles. The number of hydrogen-bond donors (Lipinski definition) is 2. The van der Waals surface area contributed by atoms with Crippen molar-refractivity contribution in [3.8, 4) is 0 Å². The third-order valence-corrected chi connectivity index (χ3v) is 4.13. The minimum atomic E-state index is -0.0413. The zero-order chi connectivity index (χ0) is 15.2. The van der Waals surface area contributed by atoms with Crippen molar-refractivity contribution in [1.82, 2.24) is 19.4 Å². The molecule has 1 aromatic rings. The number of nitrogens with zero attached hydrogens (tertiary/aromatic N) is 3. The summed E-state index contributed by atoms with van der Waals surface area (Å²) in [4.78, 5) is 19.0. The molecular weight excluding hydrogens is 268 g/mol. The molecule has 1 atom stereocenters. The quantitative estimate of drug-likeness (QED) is 0.754. The summed E-state index contributed by atoms with van der Waals surface area (Å²) in [6.45, 7) is 10.5. The van der Waals surface area contributed by atoms with Gasteiger partial charge in [0.25, 0.3) is 0 Å². The van der Waals surface area contributed by atoms with Gasteiger partial charge in [0.15, 0.2) is 0 Å². The number of aliphatic hydroxyl groups is 1. The van der Waals surface area contributed by atoms with Gasteiger partial charge < -0.3 is 10.1 Å². The summed E-state index contributed by atoms with van der Waals surface area (Å²) >= 11 is 0. The van der Waals surface area contributed by atoms with Gasteiger partial charge in [-0.1, -0.05) is 13.8 Å². The molecule has 0 spiro atoms. The Labute approximate surface area is 126 Å². The van der Waals surface area contributed by atoms with E-state index in [-0.39, 0.29) is 12.3 Å². The van der Waals surface area contributed by atoms with Crippen LogP contribution in [-0.2, 0) is 6.54 Å². The number of aromatic amines is 1. The number of aromatic nitrogens is 2. The lowest BCUT2D eigenvalue weighted by atomic mass is 10.1. The summed E-state index contributed by atoms with van der Waals surface area (Å²) in [6, 6.07) is 0.425. The molecule has 21 heavy (non-hydrogen) atoms. The summed E-state index contributed by atoms with van der Waals surface area (Å²) in [5.74, 6) is 0.649. The number of H-pyrrole nitrogens is 1. The van der Waals surface area contributed by atoms with Crippen LogP contribution in [-0.4, -0.2) is 69.8 Å². The van der Waals surface area contributed by atoms with E-state index in [1.54, 1.807) is 17.0 Å². The molecule has 0 saturated carbocycles. The van der Waals surface area contributed by atoms with Gasteiger partial charge in [-0.25, -0.2) is 4.79 Å². The molecule has 0 radical (unpaired) electrons. The number of imidazole rings is 1. The predicted octanol–water partition coefficient (Wildman–Crippen LogP) is 0.201. The number of hydrogen-bond acceptors (Lipinski definition) is 4. The van der Waals surface area contributed by atoms with Gasteiger partial charge >= 0.3 is 5.69 Å². The molecule has 0 amide bonds. The van der Waals surface area contributed by atoms with E-state index in [1.807, 2.05) is 0 Å². The first-order chi connectivity index (χ1) is 10.1. The molecular formula is C15H28N4O2. The van der Waals surface area contributed by atoms with Crippen molar-refractivity contribution in [2.45, 2.75) is 32.9 Å². The first-order valence-corrected chi connectivity index (χ1v) is 7.91. The minimum absolute atomic E-state index is 0.0413. The maximum Gasteiger partial charge on any atom is 0.325 e. The van der Waals surface area contributed by atoms with Crippen molar-refractivity contribution in [3.05, 3.63) is 22.9 Å². The molecule has 2 rings (SSSR count). The second-order valence-electron chi connectivity index (χ2n) is 6.31. The van der Waals surface area contributed by atoms with Crippen LogP contribution in [0, 0.1) is 5.92 Å². The van der Waals surface area contributed by atoms with E-state index in [2.05, 4.69) is 28.6 Å². The fourth-order valence-corrected chi connectivity index (χ4v) is 3.07. The molecule has 0 bridgehead atoms. The van der Waals surface area contributed by atoms with Crippen LogP contribution in [0.25, 0.3) is 0 Å². The molecule has 1 aliphatic rings. The normalized spacial score (nSPS) is 21.2. The van der Waals surface area contributed by atoms with Gasteiger partial charge in [0.2, 0.25) is 0 Å². The third kappa shape index (κ3) is 4.69. The number of nitrogens with one attached hydrogen (secondary N) is 1. The summed E-state index contributed by atoms with van der Waals surface area (Å²) < 4.78 is 1.71. The predicted molar refractivity (Wildman–Crippen MR) is 83.4 cm³/mol. The highest BCUT2D eigenvalue weighted by Crippen LogP contribution is 2.14. The fraction of sp³-hybridized carbons (Fsp3) is 0.800. The number of aliphatic hydroxyl groups excluding tert-OH is 1. The van der Waals surface area contributed by atoms with Crippen molar-refractivity contribution in [2.75, 3.05) is 39.3 Å². The molecule has 1 fully saturated rings. The summed E-state index contributed by atoms with van der Waals surface area (Å²) in [5, 5.41) is 9.28. The Morgan fingerprint density at radius 2 is 2.19 bits per heavy atom. The summed E-state index contributed by atoms with van der Waals surface area (Å²) in [7, 11) is 0. The Hall–Kier alpha value is -1.11. The number of piperazine rings is 1. The van der Waals surface area contributed by atoms with Gasteiger partial charge in [-0.2, -0.15) is 0 Å². The van der Waals surface area contributed by atoms with E-state index in [4.69, 9.17) is 0 Å². The van der Waals surface area contributed by atoms with E-state index in [0.29, 0.717) is 12.0 Å². The minimum Gasteiger partial charge on any atom is -0.396 e. The van der Waals surface area contributed by atoms with Crippen molar-refractivity contribution < 1.29 is 5.11 Å². The van der Waals surface area contributed by atoms with Gasteiger partial charge in [0.05, 0.1) is 0 Å². The first-order valence-electron chi connectivity index (χ1n) is 7.91. The van der Waals surface area contributed by atoms with Gasteiger partial charge in [0.1, 0.15) is 0 Å². The molecule has 1 unspecified atom stereocenters. The van der Waals surface area contributed by atoms with Gasteiger partial charge in [0, 0.05) is 64.3 Å². The van der Waals surface area contributed by atoms with Crippen molar-refractivity contribution >= 4 is 0 Å². The van der Waals surface area contributed by atoms with E-state index in [1.165, 1.54) is 0 Å². The lowest BCUT2D eigenvalue weighted by molar-refractivity contribution is 0.0497. The van der Waals surface area contributed by atoms with Crippen LogP contribution in [0.5, 0.6) is 0 Å². The van der Waals surface area contributed by atoms with Crippen molar-refractivity contribution in [2.24, 2.45) is 5.92 Å². The average molecular weight is 296 g/mol. The van der Waals surface area contributed by atoms with Crippen molar-refractivity contribution in [1.29, 1.82) is 0 Å². The Morgan fingerprint density at radius 3 is 2.81 bits per heavy atom. The Kier molecular flexibility index (Phi) is 6.02. The zero-order valence-electron chi connectivity index (χ0n) is 13.2. The maximum atomic E-state index is 11.5. The van der Waals surface area contributed by atoms with E-state index in [0.717, 1.165) is 45.7 Å². The highest BCUT2D eigenvalue weighted by Gasteiger charge is 2.26. The lowest BCUT2D eigenvalue weighted by Crippen LogP contribution is -2.54. The van der Waals surface area contributed by atoms with Crippen LogP contribution < -0.4 is 5.69 Å². The zero-order valence-corrected chi connectivity index (χ0v) is 13.2. The lowest BCUT2D eigenvalue weighted by Gasteiger charge is -2.42. The molecule has 6 heteroatoms. The topological polar surface area (TPSA) is 64.5 Å². The molecule has 1 saturated heterocycles. The smallest absolute Gasteiger partial charge is 0.325 e. The van der Waals surface area contributed by atoms with Crippen LogP contribution in [0.3, 0.4) is 0 Å². The molecule has 1 aromatic heterocycles. The second-order valence-corrected chi connectivity index (χ2v) is 6.31. The third-order valence-electron chi connectivity index (χ3n) is 4.13.